The Bertz CT molecular complexity index is 3380. The molecule has 0 N–H and O–H groups in total. The Kier molecular flexibility index (Phi) is 13.2. The summed E-state index contributed by atoms with van der Waals surface area (Å²) in [5, 5.41) is 9.00. The Balaban J connectivity index is 1.32. The van der Waals surface area contributed by atoms with Crippen LogP contribution in [-0.4, -0.2) is 21.6 Å². The number of aryl methyl sites for hydroxylation is 2. The molecule has 2 nitrogen and oxygen atoms in total. The van der Waals surface area contributed by atoms with Gasteiger partial charge in [-0.05, 0) is 0 Å². The van der Waals surface area contributed by atoms with E-state index in [-0.39, 0.29) is 0 Å². The van der Waals surface area contributed by atoms with Gasteiger partial charge in [0.25, 0.3) is 0 Å². The predicted molar refractivity (Wildman–Crippen MR) is 311 cm³/mol. The van der Waals surface area contributed by atoms with Crippen molar-refractivity contribution in [1.29, 1.82) is 0 Å². The number of hydrogen-bond donors (Lipinski definition) is 0. The van der Waals surface area contributed by atoms with Crippen LogP contribution in [0.15, 0.2) is 118 Å². The summed E-state index contributed by atoms with van der Waals surface area (Å²) >= 11 is 23.4. The summed E-state index contributed by atoms with van der Waals surface area (Å²) in [6.07, 6.45) is 10.00. The second-order valence-electron chi connectivity index (χ2n) is 21.6. The maximum atomic E-state index is 9.29. The molecule has 2 atom stereocenters. The molecule has 0 saturated carbocycles. The fourth-order valence-corrected chi connectivity index (χ4v) is 47.0. The van der Waals surface area contributed by atoms with Gasteiger partial charge < -0.3 is 0 Å². The third-order valence-electron chi connectivity index (χ3n) is 15.1. The first kappa shape index (κ1) is 50.7. The van der Waals surface area contributed by atoms with Crippen molar-refractivity contribution in [3.8, 4) is 22.3 Å². The molecule has 70 heavy (non-hydrogen) atoms. The van der Waals surface area contributed by atoms with Crippen LogP contribution < -0.4 is 10.4 Å². The molecule has 0 fully saturated rings. The van der Waals surface area contributed by atoms with Gasteiger partial charge in [-0.15, -0.1) is 0 Å². The first-order valence-electron chi connectivity index (χ1n) is 24.1. The fourth-order valence-electron chi connectivity index (χ4n) is 11.8. The van der Waals surface area contributed by atoms with Gasteiger partial charge in [0.15, 0.2) is 0 Å². The molecule has 12 heteroatoms. The summed E-state index contributed by atoms with van der Waals surface area (Å²) in [5.74, 6) is 1.58. The average Bonchev–Trinajstić information content (AvgIpc) is 4.09. The normalized spacial score (nSPS) is 16.2. The molecule has 0 aliphatic heterocycles. The van der Waals surface area contributed by atoms with Crippen LogP contribution in [0.5, 0.6) is 0 Å². The molecule has 2 heterocycles. The summed E-state index contributed by atoms with van der Waals surface area (Å²) in [6.45, 7) is 22.8. The Hall–Kier alpha value is -2.85. The van der Waals surface area contributed by atoms with Gasteiger partial charge in [-0.25, -0.2) is 0 Å². The van der Waals surface area contributed by atoms with E-state index in [4.69, 9.17) is 55.2 Å². The number of hydrogen-bond acceptors (Lipinski definition) is 2. The SMILES string of the molecule is CCc1ccc2c(c1-c1cc(Cl)c([Si](C)(C)C)c(Cl)c1)C=C(c1occ3ccccc13)[CH]2[Zr]([Cl])([Cl])([CH]1C(c2occ3ccccc23)=Cc2c1ccc(CC)c2-c1cc(Cl)c([Si](C)(C)C)c(Cl)c1)=[Si](C)C. The van der Waals surface area contributed by atoms with Crippen LogP contribution in [-0.2, 0) is 27.9 Å². The van der Waals surface area contributed by atoms with E-state index in [0.717, 1.165) is 112 Å². The van der Waals surface area contributed by atoms with Crippen LogP contribution in [0.2, 0.25) is 72.5 Å². The van der Waals surface area contributed by atoms with E-state index in [9.17, 15) is 17.0 Å². The summed E-state index contributed by atoms with van der Waals surface area (Å²) < 4.78 is 12.8. The van der Waals surface area contributed by atoms with E-state index in [2.05, 4.69) is 175 Å². The number of halogens is 6. The van der Waals surface area contributed by atoms with Crippen LogP contribution in [0.25, 0.3) is 67.1 Å². The summed E-state index contributed by atoms with van der Waals surface area (Å²) in [5.41, 5.74) is 11.3. The van der Waals surface area contributed by atoms with Crippen molar-refractivity contribution in [2.75, 3.05) is 0 Å². The quantitative estimate of drug-likeness (QED) is 0.128. The zero-order valence-corrected chi connectivity index (χ0v) is 51.2. The maximum absolute atomic E-state index is 9.29. The van der Waals surface area contributed by atoms with Crippen molar-refractivity contribution in [2.45, 2.75) is 86.3 Å². The van der Waals surface area contributed by atoms with Gasteiger partial charge >= 0.3 is 447 Å². The standard InChI is InChI=1S/2C28H25Cl2OSi.C2H6Si.2ClH.Zr/c2*1-5-17-10-11-18-12-21(27-22-9-7-6-8-19(22)16-31-27)13-23(18)26(17)20-14-24(29)28(25(30)15-20)32(2,3)4;1-3-2;;;/h2*6-16H,5H2,1-4H3;1-2H3;2*1H;/q;;;;;+2/p-2. The van der Waals surface area contributed by atoms with Gasteiger partial charge in [-0.2, -0.15) is 0 Å². The number of rotatable bonds is 10. The van der Waals surface area contributed by atoms with Crippen molar-refractivity contribution in [3.63, 3.8) is 0 Å². The molecule has 0 spiro atoms. The predicted octanol–water partition coefficient (Wildman–Crippen LogP) is 19.5. The average molecular weight is 1170 g/mol. The molecule has 2 unspecified atom stereocenters. The third-order valence-corrected chi connectivity index (χ3v) is 67.2. The van der Waals surface area contributed by atoms with Crippen molar-refractivity contribution < 1.29 is 23.8 Å². The molecule has 10 rings (SSSR count). The topological polar surface area (TPSA) is 26.3 Å². The molecule has 8 aromatic rings. The van der Waals surface area contributed by atoms with Crippen LogP contribution in [0, 0.1) is 0 Å². The summed E-state index contributed by atoms with van der Waals surface area (Å²) in [4.78, 5) is 0. The fraction of sp³-hybridized carbons (Fsp3) is 0.241. The molecular formula is C58H56Cl6O2Si3Zr. The second kappa shape index (κ2) is 18.2. The molecule has 0 saturated heterocycles. The van der Waals surface area contributed by atoms with E-state index >= 15 is 0 Å². The molecule has 6 aromatic carbocycles. The first-order chi connectivity index (χ1) is 33.1. The molecule has 0 radical (unpaired) electrons. The zero-order chi connectivity index (χ0) is 50.0. The third kappa shape index (κ3) is 7.99. The Morgan fingerprint density at radius 1 is 0.529 bits per heavy atom. The van der Waals surface area contributed by atoms with Crippen molar-refractivity contribution in [1.82, 2.24) is 0 Å². The number of allylic oxidation sites excluding steroid dienone is 2. The Morgan fingerprint density at radius 3 is 1.21 bits per heavy atom. The summed E-state index contributed by atoms with van der Waals surface area (Å²) in [6, 6.07) is 34.4. The van der Waals surface area contributed by atoms with Gasteiger partial charge in [0.2, 0.25) is 0 Å². The zero-order valence-electron chi connectivity index (χ0n) is 41.2. The van der Waals surface area contributed by atoms with Crippen molar-refractivity contribution >= 4 is 140 Å². The van der Waals surface area contributed by atoms with E-state index < -0.39 is 43.8 Å². The van der Waals surface area contributed by atoms with Gasteiger partial charge in [-0.1, -0.05) is 0 Å². The van der Waals surface area contributed by atoms with E-state index in [1.807, 2.05) is 12.5 Å². The van der Waals surface area contributed by atoms with Crippen molar-refractivity contribution in [3.05, 3.63) is 175 Å². The minimum absolute atomic E-state index is 0.398. The van der Waals surface area contributed by atoms with Crippen LogP contribution in [0.1, 0.15) is 66.0 Å². The number of furan rings is 2. The van der Waals surface area contributed by atoms with Gasteiger partial charge in [0.05, 0.1) is 0 Å². The van der Waals surface area contributed by atoms with Crippen molar-refractivity contribution in [2.24, 2.45) is 0 Å². The van der Waals surface area contributed by atoms with Crippen LogP contribution >= 0.6 is 63.4 Å². The number of fused-ring (bicyclic) bond motifs is 4. The molecular weight excluding hydrogens is 1120 g/mol. The molecule has 0 bridgehead atoms. The molecule has 2 aromatic heterocycles. The van der Waals surface area contributed by atoms with E-state index in [0.29, 0.717) is 20.1 Å². The summed E-state index contributed by atoms with van der Waals surface area (Å²) in [7, 11) is 14.8. The second-order valence-corrected chi connectivity index (χ2v) is 72.0. The monoisotopic (exact) mass is 1170 g/mol. The Morgan fingerprint density at radius 2 is 0.886 bits per heavy atom. The van der Waals surface area contributed by atoms with Gasteiger partial charge in [0.1, 0.15) is 0 Å². The van der Waals surface area contributed by atoms with E-state index in [1.54, 1.807) is 0 Å². The van der Waals surface area contributed by atoms with Gasteiger partial charge in [-0.3, -0.25) is 0 Å². The molecule has 358 valence electrons. The Labute approximate surface area is 442 Å². The van der Waals surface area contributed by atoms with E-state index in [1.165, 1.54) is 11.1 Å². The van der Waals surface area contributed by atoms with Gasteiger partial charge in [0, 0.05) is 0 Å². The minimum atomic E-state index is -5.76. The van der Waals surface area contributed by atoms with Crippen LogP contribution in [0.4, 0.5) is 0 Å². The first-order valence-corrected chi connectivity index (χ1v) is 48.0. The van der Waals surface area contributed by atoms with Crippen LogP contribution in [0.3, 0.4) is 0 Å². The molecule has 2 aliphatic rings. The molecule has 0 amide bonds. The number of benzene rings is 6. The molecule has 2 aliphatic carbocycles.